The zero-order valence-electron chi connectivity index (χ0n) is 16.7. The van der Waals surface area contributed by atoms with E-state index in [1.807, 2.05) is 19.9 Å². The van der Waals surface area contributed by atoms with Crippen molar-refractivity contribution >= 4 is 0 Å². The highest BCUT2D eigenvalue weighted by Crippen LogP contribution is 2.62. The first-order chi connectivity index (χ1) is 12.5. The van der Waals surface area contributed by atoms with E-state index in [0.29, 0.717) is 13.2 Å². The zero-order chi connectivity index (χ0) is 18.5. The maximum atomic E-state index is 6.46. The average molecular weight is 390 g/mol. The van der Waals surface area contributed by atoms with E-state index in [1.165, 1.54) is 16.8 Å². The summed E-state index contributed by atoms with van der Waals surface area (Å²) in [5, 5.41) is 0. The van der Waals surface area contributed by atoms with E-state index in [2.05, 4.69) is 54.9 Å². The van der Waals surface area contributed by atoms with Crippen LogP contribution in [0.1, 0.15) is 56.5 Å². The predicted octanol–water partition coefficient (Wildman–Crippen LogP) is 0.831. The second kappa shape index (κ2) is 7.08. The van der Waals surface area contributed by atoms with Crippen molar-refractivity contribution in [3.8, 4) is 5.75 Å². The van der Waals surface area contributed by atoms with Gasteiger partial charge in [0.2, 0.25) is 0 Å². The Labute approximate surface area is 167 Å². The number of nitrogens with zero attached hydrogens (tertiary/aromatic N) is 1. The number of pyridine rings is 1. The van der Waals surface area contributed by atoms with Crippen LogP contribution in [0.3, 0.4) is 0 Å². The first-order valence-corrected chi connectivity index (χ1v) is 9.47. The average Bonchev–Trinajstić information content (AvgIpc) is 2.64. The van der Waals surface area contributed by atoms with Crippen LogP contribution < -0.4 is 21.7 Å². The number of ether oxygens (including phenoxy) is 3. The minimum absolute atomic E-state index is 0. The highest BCUT2D eigenvalue weighted by molar-refractivity contribution is 5.49. The smallest absolute Gasteiger partial charge is 0.196 e. The molecule has 0 N–H and O–H groups in total. The molecule has 2 aliphatic heterocycles. The third-order valence-corrected chi connectivity index (χ3v) is 6.08. The second-order valence-corrected chi connectivity index (χ2v) is 7.62. The van der Waals surface area contributed by atoms with E-state index in [0.717, 1.165) is 5.75 Å². The van der Waals surface area contributed by atoms with Gasteiger partial charge in [-0.25, -0.2) is 0 Å². The van der Waals surface area contributed by atoms with Gasteiger partial charge < -0.3 is 26.6 Å². The maximum absolute atomic E-state index is 6.46. The van der Waals surface area contributed by atoms with Crippen LogP contribution in [-0.4, -0.2) is 26.1 Å². The van der Waals surface area contributed by atoms with Gasteiger partial charge in [0.15, 0.2) is 23.7 Å². The Balaban J connectivity index is 0.00000210. The van der Waals surface area contributed by atoms with Crippen molar-refractivity contribution in [2.24, 2.45) is 5.41 Å². The summed E-state index contributed by atoms with van der Waals surface area (Å²) in [6.07, 6.45) is 2.18. The number of hydrogen-bond donors (Lipinski definition) is 0. The molecule has 2 aromatic rings. The molecular formula is C22H28ClNO3. The Morgan fingerprint density at radius 2 is 1.70 bits per heavy atom. The molecule has 146 valence electrons. The van der Waals surface area contributed by atoms with Gasteiger partial charge in [-0.1, -0.05) is 12.1 Å². The summed E-state index contributed by atoms with van der Waals surface area (Å²) in [6, 6.07) is 12.9. The minimum atomic E-state index is -0.690. The Morgan fingerprint density at radius 3 is 2.33 bits per heavy atom. The quantitative estimate of drug-likeness (QED) is 0.561. The predicted molar refractivity (Wildman–Crippen MR) is 99.4 cm³/mol. The van der Waals surface area contributed by atoms with Gasteiger partial charge in [-0.3, -0.25) is 0 Å². The summed E-state index contributed by atoms with van der Waals surface area (Å²) >= 11 is 0. The summed E-state index contributed by atoms with van der Waals surface area (Å²) in [5.41, 5.74) is 3.58. The van der Waals surface area contributed by atoms with E-state index in [4.69, 9.17) is 14.2 Å². The van der Waals surface area contributed by atoms with Crippen LogP contribution in [-0.2, 0) is 9.47 Å². The van der Waals surface area contributed by atoms with Crippen LogP contribution in [0.2, 0.25) is 0 Å². The maximum Gasteiger partial charge on any atom is 0.196 e. The zero-order valence-corrected chi connectivity index (χ0v) is 17.4. The monoisotopic (exact) mass is 389 g/mol. The topological polar surface area (TPSA) is 31.6 Å². The lowest BCUT2D eigenvalue weighted by Crippen LogP contribution is -3.00. The summed E-state index contributed by atoms with van der Waals surface area (Å²) in [6.45, 7) is 9.86. The Morgan fingerprint density at radius 1 is 1.00 bits per heavy atom. The normalized spacial score (nSPS) is 23.1. The van der Waals surface area contributed by atoms with Crippen molar-refractivity contribution in [1.29, 1.82) is 0 Å². The molecule has 5 heteroatoms. The Hall–Kier alpha value is -1.62. The lowest BCUT2D eigenvalue weighted by molar-refractivity contribution is -0.755. The number of hydrogen-bond acceptors (Lipinski definition) is 3. The van der Waals surface area contributed by atoms with Crippen molar-refractivity contribution in [2.45, 2.75) is 45.4 Å². The first-order valence-electron chi connectivity index (χ1n) is 9.47. The standard InChI is InChI=1S/C22H28NO3.ClH/c1-6-25-22(26-7-2)19-16-12-11-15(24-5)14-17(16)20(21(22,3)4)23-13-9-8-10-18(19)23;/h8-14,19-20H,6-7H2,1-5H3;1H/q+1;/p-1. The molecule has 0 saturated carbocycles. The van der Waals surface area contributed by atoms with E-state index in [-0.39, 0.29) is 29.8 Å². The summed E-state index contributed by atoms with van der Waals surface area (Å²) in [7, 11) is 1.72. The van der Waals surface area contributed by atoms with Gasteiger partial charge in [0.25, 0.3) is 0 Å². The molecule has 5 rings (SSSR count). The molecule has 0 amide bonds. The Kier molecular flexibility index (Phi) is 5.28. The van der Waals surface area contributed by atoms with Gasteiger partial charge in [-0.05, 0) is 45.4 Å². The number of benzene rings is 1. The number of fused-ring (bicyclic) bond motifs is 1. The van der Waals surface area contributed by atoms with Gasteiger partial charge in [0.1, 0.15) is 11.7 Å². The summed E-state index contributed by atoms with van der Waals surface area (Å²) in [4.78, 5) is 0. The molecule has 2 bridgehead atoms. The van der Waals surface area contributed by atoms with Crippen molar-refractivity contribution in [2.75, 3.05) is 20.3 Å². The molecule has 4 nitrogen and oxygen atoms in total. The van der Waals surface area contributed by atoms with E-state index in [1.54, 1.807) is 7.11 Å². The fraction of sp³-hybridized carbons (Fsp3) is 0.500. The molecule has 3 aliphatic rings. The summed E-state index contributed by atoms with van der Waals surface area (Å²) < 4.78 is 20.8. The van der Waals surface area contributed by atoms with E-state index >= 15 is 0 Å². The van der Waals surface area contributed by atoms with Gasteiger partial charge in [-0.15, -0.1) is 0 Å². The lowest BCUT2D eigenvalue weighted by atomic mass is 9.57. The van der Waals surface area contributed by atoms with Gasteiger partial charge in [0.05, 0.1) is 12.5 Å². The Bertz CT molecular complexity index is 830. The molecule has 0 radical (unpaired) electrons. The number of aromatic nitrogens is 1. The van der Waals surface area contributed by atoms with Crippen LogP contribution in [0, 0.1) is 5.41 Å². The molecule has 1 aliphatic carbocycles. The largest absolute Gasteiger partial charge is 1.00 e. The third kappa shape index (κ3) is 2.54. The van der Waals surface area contributed by atoms with E-state index < -0.39 is 5.79 Å². The SMILES string of the molecule is CCOC1(OCC)C2c3ccc(OC)cc3C([n+]3ccccc32)C1(C)C.[Cl-]. The van der Waals surface area contributed by atoms with Crippen molar-refractivity contribution in [3.05, 3.63) is 59.4 Å². The van der Waals surface area contributed by atoms with Crippen molar-refractivity contribution in [3.63, 3.8) is 0 Å². The van der Waals surface area contributed by atoms with Gasteiger partial charge in [0, 0.05) is 30.9 Å². The molecular weight excluding hydrogens is 362 g/mol. The van der Waals surface area contributed by atoms with Crippen molar-refractivity contribution < 1.29 is 31.2 Å². The first kappa shape index (κ1) is 20.1. The molecule has 2 unspecified atom stereocenters. The lowest BCUT2D eigenvalue weighted by Gasteiger charge is -2.57. The highest BCUT2D eigenvalue weighted by Gasteiger charge is 2.70. The van der Waals surface area contributed by atoms with Crippen LogP contribution in [0.4, 0.5) is 0 Å². The second-order valence-electron chi connectivity index (χ2n) is 7.62. The highest BCUT2D eigenvalue weighted by atomic mass is 35.5. The fourth-order valence-electron chi connectivity index (χ4n) is 5.15. The van der Waals surface area contributed by atoms with Gasteiger partial charge in [-0.2, -0.15) is 4.57 Å². The van der Waals surface area contributed by atoms with Gasteiger partial charge >= 0.3 is 0 Å². The number of halogens is 1. The minimum Gasteiger partial charge on any atom is -1.00 e. The number of methoxy groups -OCH3 is 1. The molecule has 1 aromatic heterocycles. The molecule has 2 atom stereocenters. The molecule has 0 fully saturated rings. The van der Waals surface area contributed by atoms with E-state index in [9.17, 15) is 0 Å². The molecule has 27 heavy (non-hydrogen) atoms. The van der Waals surface area contributed by atoms with Crippen molar-refractivity contribution in [1.82, 2.24) is 0 Å². The van der Waals surface area contributed by atoms with Crippen LogP contribution in [0.5, 0.6) is 5.75 Å². The van der Waals surface area contributed by atoms with Crippen LogP contribution >= 0.6 is 0 Å². The summed E-state index contributed by atoms with van der Waals surface area (Å²) in [5.74, 6) is 0.220. The van der Waals surface area contributed by atoms with Crippen LogP contribution in [0.25, 0.3) is 0 Å². The molecule has 1 aromatic carbocycles. The molecule has 0 saturated heterocycles. The molecule has 3 heterocycles. The van der Waals surface area contributed by atoms with Crippen LogP contribution in [0.15, 0.2) is 42.6 Å². The number of rotatable bonds is 5. The third-order valence-electron chi connectivity index (χ3n) is 6.08. The fourth-order valence-corrected chi connectivity index (χ4v) is 5.15. The molecule has 0 spiro atoms.